The van der Waals surface area contributed by atoms with Crippen molar-refractivity contribution in [2.75, 3.05) is 11.9 Å². The standard InChI is InChI=1S/C12H14N2O4/c1-7-9(4-5-18-7)11(15)14-8-2-3-10(12(16)17)13-6-8/h2-3,6-7,9H,4-5H2,1H3,(H,14,15)(H,16,17). The molecule has 6 nitrogen and oxygen atoms in total. The van der Waals surface area contributed by atoms with Gasteiger partial charge in [0.2, 0.25) is 5.91 Å². The summed E-state index contributed by atoms with van der Waals surface area (Å²) < 4.78 is 5.32. The van der Waals surface area contributed by atoms with Gasteiger partial charge in [-0.15, -0.1) is 0 Å². The average Bonchev–Trinajstić information content (AvgIpc) is 2.76. The number of carbonyl (C=O) groups is 2. The zero-order chi connectivity index (χ0) is 13.1. The third-order valence-electron chi connectivity index (χ3n) is 2.96. The van der Waals surface area contributed by atoms with Crippen molar-refractivity contribution in [1.82, 2.24) is 4.98 Å². The fourth-order valence-electron chi connectivity index (χ4n) is 1.91. The molecule has 2 unspecified atom stereocenters. The van der Waals surface area contributed by atoms with Crippen LogP contribution in [0.2, 0.25) is 0 Å². The van der Waals surface area contributed by atoms with Crippen molar-refractivity contribution in [3.05, 3.63) is 24.0 Å². The number of hydrogen-bond acceptors (Lipinski definition) is 4. The summed E-state index contributed by atoms with van der Waals surface area (Å²) in [7, 11) is 0. The minimum Gasteiger partial charge on any atom is -0.477 e. The number of nitrogens with zero attached hydrogens (tertiary/aromatic N) is 1. The van der Waals surface area contributed by atoms with Crippen LogP contribution in [0, 0.1) is 5.92 Å². The Labute approximate surface area is 104 Å². The number of carboxylic acid groups (broad SMARTS) is 1. The molecular formula is C12H14N2O4. The van der Waals surface area contributed by atoms with Gasteiger partial charge in [0.05, 0.1) is 23.9 Å². The van der Waals surface area contributed by atoms with Crippen LogP contribution < -0.4 is 5.32 Å². The number of ether oxygens (including phenoxy) is 1. The lowest BCUT2D eigenvalue weighted by atomic mass is 10.0. The monoisotopic (exact) mass is 250 g/mol. The second kappa shape index (κ2) is 5.14. The number of hydrogen-bond donors (Lipinski definition) is 2. The second-order valence-corrected chi connectivity index (χ2v) is 4.20. The molecule has 0 aliphatic carbocycles. The highest BCUT2D eigenvalue weighted by molar-refractivity contribution is 5.93. The van der Waals surface area contributed by atoms with E-state index >= 15 is 0 Å². The molecule has 1 aliphatic heterocycles. The summed E-state index contributed by atoms with van der Waals surface area (Å²) in [4.78, 5) is 26.3. The van der Waals surface area contributed by atoms with Gasteiger partial charge in [-0.05, 0) is 25.5 Å². The number of carbonyl (C=O) groups excluding carboxylic acids is 1. The van der Waals surface area contributed by atoms with Gasteiger partial charge in [0.1, 0.15) is 5.69 Å². The summed E-state index contributed by atoms with van der Waals surface area (Å²) in [6.45, 7) is 2.46. The Kier molecular flexibility index (Phi) is 3.57. The molecule has 1 amide bonds. The Morgan fingerprint density at radius 3 is 2.78 bits per heavy atom. The van der Waals surface area contributed by atoms with E-state index in [0.29, 0.717) is 18.7 Å². The van der Waals surface area contributed by atoms with E-state index in [2.05, 4.69) is 10.3 Å². The van der Waals surface area contributed by atoms with Gasteiger partial charge in [-0.3, -0.25) is 4.79 Å². The van der Waals surface area contributed by atoms with Gasteiger partial charge in [-0.1, -0.05) is 0 Å². The Balaban J connectivity index is 2.00. The van der Waals surface area contributed by atoms with Gasteiger partial charge in [0.25, 0.3) is 0 Å². The maximum absolute atomic E-state index is 11.9. The quantitative estimate of drug-likeness (QED) is 0.839. The maximum Gasteiger partial charge on any atom is 0.354 e. The van der Waals surface area contributed by atoms with E-state index in [-0.39, 0.29) is 23.6 Å². The van der Waals surface area contributed by atoms with Crippen molar-refractivity contribution in [3.8, 4) is 0 Å². The van der Waals surface area contributed by atoms with Crippen molar-refractivity contribution >= 4 is 17.6 Å². The molecule has 2 heterocycles. The molecule has 0 spiro atoms. The third-order valence-corrected chi connectivity index (χ3v) is 2.96. The fourth-order valence-corrected chi connectivity index (χ4v) is 1.91. The molecule has 6 heteroatoms. The topological polar surface area (TPSA) is 88.5 Å². The maximum atomic E-state index is 11.9. The summed E-state index contributed by atoms with van der Waals surface area (Å²) in [6, 6.07) is 2.88. The molecule has 1 saturated heterocycles. The molecule has 1 aliphatic rings. The Morgan fingerprint density at radius 2 is 2.28 bits per heavy atom. The molecule has 0 bridgehead atoms. The number of rotatable bonds is 3. The molecule has 0 aromatic carbocycles. The zero-order valence-electron chi connectivity index (χ0n) is 9.92. The lowest BCUT2D eigenvalue weighted by Gasteiger charge is -2.13. The summed E-state index contributed by atoms with van der Waals surface area (Å²) >= 11 is 0. The molecule has 1 fully saturated rings. The minimum atomic E-state index is -1.09. The first kappa shape index (κ1) is 12.5. The van der Waals surface area contributed by atoms with Crippen LogP contribution in [0.4, 0.5) is 5.69 Å². The lowest BCUT2D eigenvalue weighted by Crippen LogP contribution is -2.27. The summed E-state index contributed by atoms with van der Waals surface area (Å²) in [5, 5.41) is 11.4. The van der Waals surface area contributed by atoms with Crippen LogP contribution in [0.25, 0.3) is 0 Å². The van der Waals surface area contributed by atoms with Crippen molar-refractivity contribution in [3.63, 3.8) is 0 Å². The van der Waals surface area contributed by atoms with E-state index in [9.17, 15) is 9.59 Å². The van der Waals surface area contributed by atoms with Crippen LogP contribution in [-0.2, 0) is 9.53 Å². The number of pyridine rings is 1. The first-order chi connectivity index (χ1) is 8.58. The van der Waals surface area contributed by atoms with Crippen LogP contribution in [0.3, 0.4) is 0 Å². The molecule has 96 valence electrons. The molecule has 1 aromatic heterocycles. The highest BCUT2D eigenvalue weighted by atomic mass is 16.5. The summed E-state index contributed by atoms with van der Waals surface area (Å²) in [6.07, 6.45) is 1.95. The Bertz CT molecular complexity index is 458. The van der Waals surface area contributed by atoms with E-state index in [0.717, 1.165) is 0 Å². The second-order valence-electron chi connectivity index (χ2n) is 4.20. The van der Waals surface area contributed by atoms with Crippen LogP contribution in [0.5, 0.6) is 0 Å². The molecule has 18 heavy (non-hydrogen) atoms. The van der Waals surface area contributed by atoms with Crippen molar-refractivity contribution < 1.29 is 19.4 Å². The lowest BCUT2D eigenvalue weighted by molar-refractivity contribution is -0.121. The van der Waals surface area contributed by atoms with Gasteiger partial charge >= 0.3 is 5.97 Å². The number of anilines is 1. The number of carboxylic acids is 1. The van der Waals surface area contributed by atoms with E-state index in [1.807, 2.05) is 6.92 Å². The van der Waals surface area contributed by atoms with Crippen LogP contribution in [-0.4, -0.2) is 34.7 Å². The Hall–Kier alpha value is -1.95. The highest BCUT2D eigenvalue weighted by Crippen LogP contribution is 2.22. The van der Waals surface area contributed by atoms with E-state index in [1.165, 1.54) is 18.3 Å². The van der Waals surface area contributed by atoms with E-state index in [1.54, 1.807) is 0 Å². The molecule has 2 atom stereocenters. The van der Waals surface area contributed by atoms with Crippen LogP contribution in [0.1, 0.15) is 23.8 Å². The van der Waals surface area contributed by atoms with Crippen LogP contribution in [0.15, 0.2) is 18.3 Å². The molecule has 2 rings (SSSR count). The Morgan fingerprint density at radius 1 is 1.50 bits per heavy atom. The van der Waals surface area contributed by atoms with Crippen molar-refractivity contribution in [2.45, 2.75) is 19.4 Å². The van der Waals surface area contributed by atoms with E-state index < -0.39 is 5.97 Å². The highest BCUT2D eigenvalue weighted by Gasteiger charge is 2.30. The third kappa shape index (κ3) is 2.65. The largest absolute Gasteiger partial charge is 0.477 e. The first-order valence-corrected chi connectivity index (χ1v) is 5.70. The predicted octanol–water partition coefficient (Wildman–Crippen LogP) is 1.14. The SMILES string of the molecule is CC1OCCC1C(=O)Nc1ccc(C(=O)O)nc1. The number of nitrogens with one attached hydrogen (secondary N) is 1. The minimum absolute atomic E-state index is 0.0504. The van der Waals surface area contributed by atoms with Crippen molar-refractivity contribution in [2.24, 2.45) is 5.92 Å². The van der Waals surface area contributed by atoms with Crippen molar-refractivity contribution in [1.29, 1.82) is 0 Å². The van der Waals surface area contributed by atoms with Gasteiger partial charge in [0, 0.05) is 6.61 Å². The average molecular weight is 250 g/mol. The number of aromatic carboxylic acids is 1. The van der Waals surface area contributed by atoms with Gasteiger partial charge in [0.15, 0.2) is 0 Å². The van der Waals surface area contributed by atoms with E-state index in [4.69, 9.17) is 9.84 Å². The summed E-state index contributed by atoms with van der Waals surface area (Å²) in [5.41, 5.74) is 0.440. The number of aromatic nitrogens is 1. The molecule has 0 saturated carbocycles. The normalized spacial score (nSPS) is 22.7. The zero-order valence-corrected chi connectivity index (χ0v) is 9.92. The number of amides is 1. The first-order valence-electron chi connectivity index (χ1n) is 5.70. The smallest absolute Gasteiger partial charge is 0.354 e. The van der Waals surface area contributed by atoms with Gasteiger partial charge in [-0.2, -0.15) is 0 Å². The molecular weight excluding hydrogens is 236 g/mol. The molecule has 2 N–H and O–H groups in total. The molecule has 1 aromatic rings. The van der Waals surface area contributed by atoms with Crippen LogP contribution >= 0.6 is 0 Å². The van der Waals surface area contributed by atoms with Gasteiger partial charge < -0.3 is 15.2 Å². The molecule has 0 radical (unpaired) electrons. The predicted molar refractivity (Wildman–Crippen MR) is 63.3 cm³/mol. The van der Waals surface area contributed by atoms with Gasteiger partial charge in [-0.25, -0.2) is 9.78 Å². The summed E-state index contributed by atoms with van der Waals surface area (Å²) in [5.74, 6) is -1.38. The fraction of sp³-hybridized carbons (Fsp3) is 0.417.